The maximum atomic E-state index is 12.0. The van der Waals surface area contributed by atoms with Gasteiger partial charge < -0.3 is 20.3 Å². The van der Waals surface area contributed by atoms with Gasteiger partial charge in [-0.3, -0.25) is 4.79 Å². The number of nitrogens with one attached hydrogen (secondary N) is 2. The van der Waals surface area contributed by atoms with Crippen LogP contribution in [0.25, 0.3) is 0 Å². The van der Waals surface area contributed by atoms with Crippen molar-refractivity contribution in [2.45, 2.75) is 52.2 Å². The molecule has 0 radical (unpaired) electrons. The highest BCUT2D eigenvalue weighted by Crippen LogP contribution is 2.15. The Morgan fingerprint density at radius 2 is 2.00 bits per heavy atom. The van der Waals surface area contributed by atoms with E-state index in [2.05, 4.69) is 10.6 Å². The first-order chi connectivity index (χ1) is 9.28. The second-order valence-electron chi connectivity index (χ2n) is 6.20. The Labute approximate surface area is 121 Å². The van der Waals surface area contributed by atoms with Crippen LogP contribution in [-0.4, -0.2) is 54.7 Å². The van der Waals surface area contributed by atoms with Crippen LogP contribution in [0.2, 0.25) is 0 Å². The molecular weight excluding hydrogens is 258 g/mol. The minimum absolute atomic E-state index is 0.0224. The van der Waals surface area contributed by atoms with Gasteiger partial charge in [-0.25, -0.2) is 4.79 Å². The van der Waals surface area contributed by atoms with E-state index >= 15 is 0 Å². The van der Waals surface area contributed by atoms with E-state index < -0.39 is 5.60 Å². The second kappa shape index (κ2) is 7.47. The lowest BCUT2D eigenvalue weighted by Gasteiger charge is -2.34. The average Bonchev–Trinajstić information content (AvgIpc) is 2.33. The summed E-state index contributed by atoms with van der Waals surface area (Å²) < 4.78 is 5.38. The van der Waals surface area contributed by atoms with Gasteiger partial charge in [0.1, 0.15) is 5.60 Å². The molecule has 1 aliphatic heterocycles. The van der Waals surface area contributed by atoms with E-state index in [1.165, 1.54) is 6.92 Å². The number of carbonyl (C=O) groups is 2. The van der Waals surface area contributed by atoms with E-state index in [-0.39, 0.29) is 18.0 Å². The molecule has 1 fully saturated rings. The number of carbonyl (C=O) groups excluding carboxylic acids is 2. The maximum Gasteiger partial charge on any atom is 0.410 e. The zero-order valence-corrected chi connectivity index (χ0v) is 13.0. The normalized spacial score (nSPS) is 19.6. The average molecular weight is 285 g/mol. The number of hydrogen-bond acceptors (Lipinski definition) is 4. The molecule has 0 aromatic rings. The van der Waals surface area contributed by atoms with E-state index in [1.54, 1.807) is 4.90 Å². The molecule has 2 N–H and O–H groups in total. The van der Waals surface area contributed by atoms with Crippen molar-refractivity contribution < 1.29 is 14.3 Å². The summed E-state index contributed by atoms with van der Waals surface area (Å²) >= 11 is 0. The first-order valence-corrected chi connectivity index (χ1v) is 7.23. The minimum atomic E-state index is -0.455. The molecule has 1 heterocycles. The predicted octanol–water partition coefficient (Wildman–Crippen LogP) is 1.11. The molecule has 6 nitrogen and oxygen atoms in total. The molecule has 116 valence electrons. The lowest BCUT2D eigenvalue weighted by Crippen LogP contribution is -2.50. The third-order valence-corrected chi connectivity index (χ3v) is 3.01. The molecule has 1 rings (SSSR count). The third kappa shape index (κ3) is 6.75. The fourth-order valence-electron chi connectivity index (χ4n) is 2.15. The highest BCUT2D eigenvalue weighted by molar-refractivity contribution is 5.72. The van der Waals surface area contributed by atoms with Gasteiger partial charge in [0.2, 0.25) is 5.91 Å². The molecule has 0 bridgehead atoms. The van der Waals surface area contributed by atoms with Crippen molar-refractivity contribution in [2.24, 2.45) is 0 Å². The summed E-state index contributed by atoms with van der Waals surface area (Å²) in [5.74, 6) is -0.0224. The van der Waals surface area contributed by atoms with Crippen molar-refractivity contribution in [3.05, 3.63) is 0 Å². The van der Waals surface area contributed by atoms with Gasteiger partial charge in [0.25, 0.3) is 0 Å². The SMILES string of the molecule is CC(=O)NCCNC1CCCN(C(=O)OC(C)(C)C)C1. The number of piperidine rings is 1. The minimum Gasteiger partial charge on any atom is -0.444 e. The number of hydrogen-bond donors (Lipinski definition) is 2. The summed E-state index contributed by atoms with van der Waals surface area (Å²) in [5, 5.41) is 6.10. The molecule has 1 atom stereocenters. The van der Waals surface area contributed by atoms with Crippen LogP contribution in [0.1, 0.15) is 40.5 Å². The van der Waals surface area contributed by atoms with Crippen molar-refractivity contribution >= 4 is 12.0 Å². The van der Waals surface area contributed by atoms with E-state index in [0.717, 1.165) is 19.4 Å². The van der Waals surface area contributed by atoms with Gasteiger partial charge in [0.15, 0.2) is 0 Å². The van der Waals surface area contributed by atoms with Gasteiger partial charge in [-0.1, -0.05) is 0 Å². The van der Waals surface area contributed by atoms with Gasteiger partial charge in [0.05, 0.1) is 0 Å². The molecule has 1 aliphatic rings. The molecule has 20 heavy (non-hydrogen) atoms. The first kappa shape index (κ1) is 16.8. The molecule has 2 amide bonds. The topological polar surface area (TPSA) is 70.7 Å². The Bertz CT molecular complexity index is 339. The number of amides is 2. The van der Waals surface area contributed by atoms with Crippen molar-refractivity contribution in [1.29, 1.82) is 0 Å². The highest BCUT2D eigenvalue weighted by atomic mass is 16.6. The Morgan fingerprint density at radius 1 is 1.30 bits per heavy atom. The van der Waals surface area contributed by atoms with E-state index in [9.17, 15) is 9.59 Å². The van der Waals surface area contributed by atoms with Crippen LogP contribution in [0, 0.1) is 0 Å². The monoisotopic (exact) mass is 285 g/mol. The second-order valence-corrected chi connectivity index (χ2v) is 6.20. The molecule has 0 aliphatic carbocycles. The van der Waals surface area contributed by atoms with E-state index in [4.69, 9.17) is 4.74 Å². The van der Waals surface area contributed by atoms with Crippen molar-refractivity contribution in [3.8, 4) is 0 Å². The lowest BCUT2D eigenvalue weighted by atomic mass is 10.1. The van der Waals surface area contributed by atoms with Gasteiger partial charge in [-0.05, 0) is 33.6 Å². The van der Waals surface area contributed by atoms with Gasteiger partial charge in [-0.15, -0.1) is 0 Å². The standard InChI is InChI=1S/C14H27N3O3/c1-11(18)15-7-8-16-12-6-5-9-17(10-12)13(19)20-14(2,3)4/h12,16H,5-10H2,1-4H3,(H,15,18). The van der Waals surface area contributed by atoms with Gasteiger partial charge in [0, 0.05) is 39.1 Å². The summed E-state index contributed by atoms with van der Waals surface area (Å²) in [5.41, 5.74) is -0.455. The molecular formula is C14H27N3O3. The Hall–Kier alpha value is -1.30. The predicted molar refractivity (Wildman–Crippen MR) is 77.5 cm³/mol. The van der Waals surface area contributed by atoms with Crippen LogP contribution >= 0.6 is 0 Å². The smallest absolute Gasteiger partial charge is 0.410 e. The van der Waals surface area contributed by atoms with Gasteiger partial charge in [-0.2, -0.15) is 0 Å². The Kier molecular flexibility index (Phi) is 6.26. The van der Waals surface area contributed by atoms with Crippen LogP contribution in [0.3, 0.4) is 0 Å². The molecule has 1 saturated heterocycles. The Balaban J connectivity index is 2.31. The first-order valence-electron chi connectivity index (χ1n) is 7.23. The summed E-state index contributed by atoms with van der Waals surface area (Å²) in [6, 6.07) is 0.269. The molecule has 0 aromatic heterocycles. The van der Waals surface area contributed by atoms with E-state index in [1.807, 2.05) is 20.8 Å². The largest absolute Gasteiger partial charge is 0.444 e. The molecule has 0 saturated carbocycles. The zero-order chi connectivity index (χ0) is 15.2. The van der Waals surface area contributed by atoms with Crippen LogP contribution in [0.5, 0.6) is 0 Å². The quantitative estimate of drug-likeness (QED) is 0.759. The van der Waals surface area contributed by atoms with Crippen LogP contribution in [0.15, 0.2) is 0 Å². The van der Waals surface area contributed by atoms with Crippen molar-refractivity contribution in [2.75, 3.05) is 26.2 Å². The lowest BCUT2D eigenvalue weighted by molar-refractivity contribution is -0.118. The number of rotatable bonds is 4. The fraction of sp³-hybridized carbons (Fsp3) is 0.857. The molecule has 0 aromatic carbocycles. The summed E-state index contributed by atoms with van der Waals surface area (Å²) in [7, 11) is 0. The summed E-state index contributed by atoms with van der Waals surface area (Å²) in [6.07, 6.45) is 1.77. The van der Waals surface area contributed by atoms with Crippen LogP contribution < -0.4 is 10.6 Å². The maximum absolute atomic E-state index is 12.0. The summed E-state index contributed by atoms with van der Waals surface area (Å²) in [6.45, 7) is 9.86. The van der Waals surface area contributed by atoms with Crippen LogP contribution in [0.4, 0.5) is 4.79 Å². The Morgan fingerprint density at radius 3 is 2.60 bits per heavy atom. The molecule has 6 heteroatoms. The molecule has 0 spiro atoms. The number of nitrogens with zero attached hydrogens (tertiary/aromatic N) is 1. The van der Waals surface area contributed by atoms with Crippen molar-refractivity contribution in [3.63, 3.8) is 0 Å². The number of ether oxygens (including phenoxy) is 1. The van der Waals surface area contributed by atoms with E-state index in [0.29, 0.717) is 19.6 Å². The number of likely N-dealkylation sites (tertiary alicyclic amines) is 1. The van der Waals surface area contributed by atoms with Gasteiger partial charge >= 0.3 is 6.09 Å². The highest BCUT2D eigenvalue weighted by Gasteiger charge is 2.27. The fourth-order valence-corrected chi connectivity index (χ4v) is 2.15. The third-order valence-electron chi connectivity index (χ3n) is 3.01. The zero-order valence-electron chi connectivity index (χ0n) is 13.0. The molecule has 1 unspecified atom stereocenters. The van der Waals surface area contributed by atoms with Crippen LogP contribution in [-0.2, 0) is 9.53 Å². The summed E-state index contributed by atoms with van der Waals surface area (Å²) in [4.78, 5) is 24.5. The van der Waals surface area contributed by atoms with Crippen molar-refractivity contribution in [1.82, 2.24) is 15.5 Å².